The number of carboxylic acids is 1. The van der Waals surface area contributed by atoms with Crippen molar-refractivity contribution in [3.8, 4) is 0 Å². The standard InChI is InChI=1S/C13H22N2O3/c1-8-10(5-6-14-8)12(16)15-7-9-3-2-4-11(9)13(17)18/h8-11,14H,2-7H2,1H3,(H,15,16)(H,17,18). The Kier molecular flexibility index (Phi) is 4.22. The third-order valence-electron chi connectivity index (χ3n) is 4.38. The summed E-state index contributed by atoms with van der Waals surface area (Å²) in [5.74, 6) is -0.776. The van der Waals surface area contributed by atoms with Crippen molar-refractivity contribution >= 4 is 11.9 Å². The summed E-state index contributed by atoms with van der Waals surface area (Å²) >= 11 is 0. The molecule has 0 aromatic carbocycles. The van der Waals surface area contributed by atoms with E-state index in [9.17, 15) is 9.59 Å². The van der Waals surface area contributed by atoms with Crippen LogP contribution in [0.15, 0.2) is 0 Å². The van der Waals surface area contributed by atoms with E-state index in [-0.39, 0.29) is 29.7 Å². The number of aliphatic carboxylic acids is 1. The van der Waals surface area contributed by atoms with Crippen molar-refractivity contribution in [2.75, 3.05) is 13.1 Å². The lowest BCUT2D eigenvalue weighted by atomic mass is 9.95. The number of hydrogen-bond acceptors (Lipinski definition) is 3. The van der Waals surface area contributed by atoms with Gasteiger partial charge in [0, 0.05) is 12.6 Å². The first-order valence-electron chi connectivity index (χ1n) is 6.83. The number of carbonyl (C=O) groups is 2. The minimum absolute atomic E-state index is 0.0367. The number of rotatable bonds is 4. The van der Waals surface area contributed by atoms with Crippen LogP contribution >= 0.6 is 0 Å². The van der Waals surface area contributed by atoms with Crippen molar-refractivity contribution in [3.63, 3.8) is 0 Å². The Labute approximate surface area is 107 Å². The first-order valence-corrected chi connectivity index (χ1v) is 6.83. The maximum Gasteiger partial charge on any atom is 0.306 e. The summed E-state index contributed by atoms with van der Waals surface area (Å²) in [4.78, 5) is 23.0. The Hall–Kier alpha value is -1.10. The molecule has 1 amide bonds. The first-order chi connectivity index (χ1) is 8.59. The molecule has 2 rings (SSSR count). The Morgan fingerprint density at radius 3 is 2.67 bits per heavy atom. The zero-order valence-electron chi connectivity index (χ0n) is 10.8. The molecule has 4 unspecified atom stereocenters. The lowest BCUT2D eigenvalue weighted by Crippen LogP contribution is -2.40. The summed E-state index contributed by atoms with van der Waals surface area (Å²) in [6.45, 7) is 3.42. The number of nitrogens with one attached hydrogen (secondary N) is 2. The Morgan fingerprint density at radius 1 is 1.28 bits per heavy atom. The highest BCUT2D eigenvalue weighted by molar-refractivity contribution is 5.79. The molecule has 1 aliphatic carbocycles. The van der Waals surface area contributed by atoms with E-state index in [0.29, 0.717) is 6.54 Å². The van der Waals surface area contributed by atoms with Gasteiger partial charge in [-0.15, -0.1) is 0 Å². The average molecular weight is 254 g/mol. The van der Waals surface area contributed by atoms with Crippen LogP contribution in [0.2, 0.25) is 0 Å². The molecule has 1 heterocycles. The van der Waals surface area contributed by atoms with Gasteiger partial charge in [-0.2, -0.15) is 0 Å². The zero-order chi connectivity index (χ0) is 13.1. The van der Waals surface area contributed by atoms with Crippen molar-refractivity contribution < 1.29 is 14.7 Å². The quantitative estimate of drug-likeness (QED) is 0.686. The Morgan fingerprint density at radius 2 is 2.06 bits per heavy atom. The summed E-state index contributed by atoms with van der Waals surface area (Å²) < 4.78 is 0. The Bertz CT molecular complexity index is 332. The van der Waals surface area contributed by atoms with E-state index in [4.69, 9.17) is 5.11 Å². The van der Waals surface area contributed by atoms with Gasteiger partial charge in [0.2, 0.25) is 5.91 Å². The molecule has 18 heavy (non-hydrogen) atoms. The fraction of sp³-hybridized carbons (Fsp3) is 0.846. The van der Waals surface area contributed by atoms with Crippen LogP contribution in [-0.2, 0) is 9.59 Å². The highest BCUT2D eigenvalue weighted by Crippen LogP contribution is 2.31. The molecule has 0 radical (unpaired) electrons. The van der Waals surface area contributed by atoms with Gasteiger partial charge < -0.3 is 15.7 Å². The fourth-order valence-corrected chi connectivity index (χ4v) is 3.19. The van der Waals surface area contributed by atoms with Crippen LogP contribution in [0.25, 0.3) is 0 Å². The molecule has 4 atom stereocenters. The molecule has 0 aromatic rings. The third-order valence-corrected chi connectivity index (χ3v) is 4.38. The molecule has 0 aromatic heterocycles. The number of carboxylic acid groups (broad SMARTS) is 1. The number of amides is 1. The van der Waals surface area contributed by atoms with E-state index in [0.717, 1.165) is 32.2 Å². The summed E-state index contributed by atoms with van der Waals surface area (Å²) in [5, 5.41) is 15.3. The molecule has 1 aliphatic heterocycles. The first kappa shape index (κ1) is 13.3. The van der Waals surface area contributed by atoms with Gasteiger partial charge in [-0.05, 0) is 38.6 Å². The Balaban J connectivity index is 1.80. The molecule has 102 valence electrons. The van der Waals surface area contributed by atoms with Crippen LogP contribution in [0, 0.1) is 17.8 Å². The predicted octanol–water partition coefficient (Wildman–Crippen LogP) is 0.601. The van der Waals surface area contributed by atoms with Gasteiger partial charge in [-0.25, -0.2) is 0 Å². The van der Waals surface area contributed by atoms with E-state index >= 15 is 0 Å². The molecule has 2 fully saturated rings. The molecule has 5 heteroatoms. The van der Waals surface area contributed by atoms with Gasteiger partial charge >= 0.3 is 5.97 Å². The van der Waals surface area contributed by atoms with Crippen LogP contribution in [0.1, 0.15) is 32.6 Å². The van der Waals surface area contributed by atoms with Crippen molar-refractivity contribution in [2.24, 2.45) is 17.8 Å². The van der Waals surface area contributed by atoms with E-state index in [1.165, 1.54) is 0 Å². The van der Waals surface area contributed by atoms with Crippen LogP contribution in [-0.4, -0.2) is 36.1 Å². The molecular formula is C13H22N2O3. The number of hydrogen-bond donors (Lipinski definition) is 3. The topological polar surface area (TPSA) is 78.4 Å². The van der Waals surface area contributed by atoms with Crippen LogP contribution < -0.4 is 10.6 Å². The molecule has 0 spiro atoms. The van der Waals surface area contributed by atoms with Crippen molar-refractivity contribution in [3.05, 3.63) is 0 Å². The van der Waals surface area contributed by atoms with Gasteiger partial charge in [0.05, 0.1) is 11.8 Å². The number of carbonyl (C=O) groups excluding carboxylic acids is 1. The summed E-state index contributed by atoms with van der Waals surface area (Å²) in [7, 11) is 0. The molecule has 1 saturated heterocycles. The maximum absolute atomic E-state index is 12.0. The predicted molar refractivity (Wildman–Crippen MR) is 67.0 cm³/mol. The summed E-state index contributed by atoms with van der Waals surface area (Å²) in [6, 6.07) is 0.226. The van der Waals surface area contributed by atoms with Gasteiger partial charge in [0.15, 0.2) is 0 Å². The second-order valence-corrected chi connectivity index (χ2v) is 5.52. The van der Waals surface area contributed by atoms with Gasteiger partial charge in [-0.3, -0.25) is 9.59 Å². The molecule has 3 N–H and O–H groups in total. The minimum atomic E-state index is -0.720. The second-order valence-electron chi connectivity index (χ2n) is 5.52. The van der Waals surface area contributed by atoms with Gasteiger partial charge in [0.1, 0.15) is 0 Å². The molecule has 2 aliphatic rings. The molecule has 1 saturated carbocycles. The minimum Gasteiger partial charge on any atom is -0.481 e. The van der Waals surface area contributed by atoms with Crippen LogP contribution in [0.5, 0.6) is 0 Å². The lowest BCUT2D eigenvalue weighted by molar-refractivity contribution is -0.143. The fourth-order valence-electron chi connectivity index (χ4n) is 3.19. The molecular weight excluding hydrogens is 232 g/mol. The molecule has 5 nitrogen and oxygen atoms in total. The summed E-state index contributed by atoms with van der Waals surface area (Å²) in [6.07, 6.45) is 3.49. The van der Waals surface area contributed by atoms with Crippen molar-refractivity contribution in [2.45, 2.75) is 38.6 Å². The maximum atomic E-state index is 12.0. The second kappa shape index (κ2) is 5.69. The smallest absolute Gasteiger partial charge is 0.306 e. The molecule has 0 bridgehead atoms. The lowest BCUT2D eigenvalue weighted by Gasteiger charge is -2.19. The van der Waals surface area contributed by atoms with E-state index in [1.807, 2.05) is 6.92 Å². The largest absolute Gasteiger partial charge is 0.481 e. The van der Waals surface area contributed by atoms with Crippen LogP contribution in [0.4, 0.5) is 0 Å². The van der Waals surface area contributed by atoms with E-state index in [1.54, 1.807) is 0 Å². The SMILES string of the molecule is CC1NCCC1C(=O)NCC1CCCC1C(=O)O. The van der Waals surface area contributed by atoms with E-state index in [2.05, 4.69) is 10.6 Å². The van der Waals surface area contributed by atoms with Gasteiger partial charge in [-0.1, -0.05) is 6.42 Å². The van der Waals surface area contributed by atoms with Crippen molar-refractivity contribution in [1.82, 2.24) is 10.6 Å². The highest BCUT2D eigenvalue weighted by atomic mass is 16.4. The zero-order valence-corrected chi connectivity index (χ0v) is 10.8. The third kappa shape index (κ3) is 2.83. The highest BCUT2D eigenvalue weighted by Gasteiger charge is 2.34. The van der Waals surface area contributed by atoms with Gasteiger partial charge in [0.25, 0.3) is 0 Å². The van der Waals surface area contributed by atoms with Crippen molar-refractivity contribution in [1.29, 1.82) is 0 Å². The van der Waals surface area contributed by atoms with E-state index < -0.39 is 5.97 Å². The van der Waals surface area contributed by atoms with Crippen LogP contribution in [0.3, 0.4) is 0 Å². The normalized spacial score (nSPS) is 35.6. The monoisotopic (exact) mass is 254 g/mol. The summed E-state index contributed by atoms with van der Waals surface area (Å²) in [5.41, 5.74) is 0. The average Bonchev–Trinajstić information content (AvgIpc) is 2.94.